The normalized spacial score (nSPS) is 18.1. The first-order valence-electron chi connectivity index (χ1n) is 7.79. The Morgan fingerprint density at radius 2 is 1.95 bits per heavy atom. The molecule has 0 aliphatic carbocycles. The highest BCUT2D eigenvalue weighted by Gasteiger charge is 2.22. The van der Waals surface area contributed by atoms with Gasteiger partial charge in [0.2, 0.25) is 5.91 Å². The van der Waals surface area contributed by atoms with Gasteiger partial charge in [0, 0.05) is 19.5 Å². The molecule has 1 amide bonds. The predicted octanol–water partition coefficient (Wildman–Crippen LogP) is 0.0914. The Labute approximate surface area is 130 Å². The van der Waals surface area contributed by atoms with Crippen LogP contribution in [0.1, 0.15) is 30.9 Å². The van der Waals surface area contributed by atoms with Gasteiger partial charge < -0.3 is 15.5 Å². The Kier molecular flexibility index (Phi) is 6.79. The quantitative estimate of drug-likeness (QED) is 0.469. The SMILES string of the molecule is O=C(CCCC1CNNC1)N[C@@H](CO)[C@@H](O)c1ccccc1. The molecular formula is C16H25N3O3. The Morgan fingerprint density at radius 1 is 1.27 bits per heavy atom. The molecule has 6 nitrogen and oxygen atoms in total. The molecule has 0 spiro atoms. The molecular weight excluding hydrogens is 282 g/mol. The van der Waals surface area contributed by atoms with Gasteiger partial charge in [0.05, 0.1) is 12.6 Å². The van der Waals surface area contributed by atoms with Crippen molar-refractivity contribution in [3.05, 3.63) is 35.9 Å². The van der Waals surface area contributed by atoms with Gasteiger partial charge in [0.15, 0.2) is 0 Å². The molecule has 1 heterocycles. The van der Waals surface area contributed by atoms with E-state index in [-0.39, 0.29) is 12.5 Å². The standard InChI is InChI=1S/C16H25N3O3/c20-11-14(16(22)13-6-2-1-3-7-13)19-15(21)8-4-5-12-9-17-18-10-12/h1-3,6-7,12,14,16-18,20,22H,4-5,8-11H2,(H,19,21)/t14-,16-/m0/s1. The molecule has 22 heavy (non-hydrogen) atoms. The van der Waals surface area contributed by atoms with Crippen LogP contribution in [0.5, 0.6) is 0 Å². The number of amides is 1. The number of carbonyl (C=O) groups excluding carboxylic acids is 1. The maximum absolute atomic E-state index is 12.0. The van der Waals surface area contributed by atoms with Crippen molar-refractivity contribution in [2.45, 2.75) is 31.4 Å². The van der Waals surface area contributed by atoms with Crippen LogP contribution < -0.4 is 16.2 Å². The summed E-state index contributed by atoms with van der Waals surface area (Å²) >= 11 is 0. The summed E-state index contributed by atoms with van der Waals surface area (Å²) in [6.45, 7) is 1.58. The van der Waals surface area contributed by atoms with E-state index in [1.807, 2.05) is 18.2 Å². The molecule has 6 heteroatoms. The van der Waals surface area contributed by atoms with E-state index in [4.69, 9.17) is 0 Å². The maximum Gasteiger partial charge on any atom is 0.220 e. The zero-order valence-corrected chi connectivity index (χ0v) is 12.7. The third-order valence-corrected chi connectivity index (χ3v) is 3.99. The van der Waals surface area contributed by atoms with Crippen LogP contribution in [0.15, 0.2) is 30.3 Å². The summed E-state index contributed by atoms with van der Waals surface area (Å²) in [6.07, 6.45) is 1.30. The molecule has 0 saturated carbocycles. The average molecular weight is 307 g/mol. The zero-order chi connectivity index (χ0) is 15.8. The zero-order valence-electron chi connectivity index (χ0n) is 12.7. The van der Waals surface area contributed by atoms with Gasteiger partial charge >= 0.3 is 0 Å². The van der Waals surface area contributed by atoms with E-state index in [1.54, 1.807) is 12.1 Å². The number of hydrogen-bond donors (Lipinski definition) is 5. The number of hydrogen-bond acceptors (Lipinski definition) is 5. The van der Waals surface area contributed by atoms with E-state index in [1.165, 1.54) is 0 Å². The number of rotatable bonds is 8. The molecule has 1 aliphatic rings. The van der Waals surface area contributed by atoms with Crippen LogP contribution in [0.2, 0.25) is 0 Å². The van der Waals surface area contributed by atoms with Gasteiger partial charge in [-0.2, -0.15) is 0 Å². The first kappa shape index (κ1) is 16.9. The minimum absolute atomic E-state index is 0.132. The number of benzene rings is 1. The van der Waals surface area contributed by atoms with E-state index in [2.05, 4.69) is 16.2 Å². The second-order valence-electron chi connectivity index (χ2n) is 5.73. The summed E-state index contributed by atoms with van der Waals surface area (Å²) in [5, 5.41) is 22.4. The molecule has 5 N–H and O–H groups in total. The first-order chi connectivity index (χ1) is 10.7. The van der Waals surface area contributed by atoms with Crippen molar-refractivity contribution >= 4 is 5.91 Å². The number of aliphatic hydroxyl groups excluding tert-OH is 2. The minimum Gasteiger partial charge on any atom is -0.394 e. The van der Waals surface area contributed by atoms with Crippen LogP contribution in [0, 0.1) is 5.92 Å². The third kappa shape index (κ3) is 5.06. The largest absolute Gasteiger partial charge is 0.394 e. The van der Waals surface area contributed by atoms with Gasteiger partial charge in [-0.15, -0.1) is 0 Å². The van der Waals surface area contributed by atoms with Crippen LogP contribution in [0.25, 0.3) is 0 Å². The molecule has 2 atom stereocenters. The van der Waals surface area contributed by atoms with Gasteiger partial charge in [-0.1, -0.05) is 30.3 Å². The van der Waals surface area contributed by atoms with E-state index in [0.717, 1.165) is 25.9 Å². The fourth-order valence-electron chi connectivity index (χ4n) is 2.65. The van der Waals surface area contributed by atoms with Crippen molar-refractivity contribution in [3.63, 3.8) is 0 Å². The van der Waals surface area contributed by atoms with Crippen molar-refractivity contribution in [3.8, 4) is 0 Å². The summed E-state index contributed by atoms with van der Waals surface area (Å²) in [5.41, 5.74) is 6.82. The van der Waals surface area contributed by atoms with Gasteiger partial charge in [0.25, 0.3) is 0 Å². The molecule has 0 radical (unpaired) electrons. The lowest BCUT2D eigenvalue weighted by atomic mass is 10.0. The predicted molar refractivity (Wildman–Crippen MR) is 83.8 cm³/mol. The van der Waals surface area contributed by atoms with Gasteiger partial charge in [-0.3, -0.25) is 15.6 Å². The molecule has 1 aliphatic heterocycles. The molecule has 1 saturated heterocycles. The molecule has 122 valence electrons. The van der Waals surface area contributed by atoms with Crippen LogP contribution in [-0.4, -0.2) is 41.9 Å². The molecule has 0 aromatic heterocycles. The molecule has 1 fully saturated rings. The lowest BCUT2D eigenvalue weighted by Crippen LogP contribution is -2.41. The molecule has 2 rings (SSSR count). The summed E-state index contributed by atoms with van der Waals surface area (Å²) in [7, 11) is 0. The Bertz CT molecular complexity index is 449. The molecule has 1 aromatic rings. The monoisotopic (exact) mass is 307 g/mol. The van der Waals surface area contributed by atoms with Crippen LogP contribution >= 0.6 is 0 Å². The Morgan fingerprint density at radius 3 is 2.59 bits per heavy atom. The topological polar surface area (TPSA) is 93.6 Å². The van der Waals surface area contributed by atoms with Crippen LogP contribution in [-0.2, 0) is 4.79 Å². The number of hydrazine groups is 1. The van der Waals surface area contributed by atoms with Crippen LogP contribution in [0.3, 0.4) is 0 Å². The van der Waals surface area contributed by atoms with Crippen molar-refractivity contribution in [1.82, 2.24) is 16.2 Å². The highest BCUT2D eigenvalue weighted by molar-refractivity contribution is 5.76. The fourth-order valence-corrected chi connectivity index (χ4v) is 2.65. The summed E-state index contributed by atoms with van der Waals surface area (Å²) in [4.78, 5) is 12.0. The second kappa shape index (κ2) is 8.85. The van der Waals surface area contributed by atoms with Crippen molar-refractivity contribution < 1.29 is 15.0 Å². The number of aliphatic hydroxyl groups is 2. The molecule has 0 bridgehead atoms. The average Bonchev–Trinajstić information content (AvgIpc) is 3.06. The number of nitrogens with one attached hydrogen (secondary N) is 3. The van der Waals surface area contributed by atoms with E-state index in [0.29, 0.717) is 17.9 Å². The first-order valence-corrected chi connectivity index (χ1v) is 7.79. The lowest BCUT2D eigenvalue weighted by Gasteiger charge is -2.22. The second-order valence-corrected chi connectivity index (χ2v) is 5.73. The van der Waals surface area contributed by atoms with E-state index < -0.39 is 12.1 Å². The Hall–Kier alpha value is -1.47. The number of carbonyl (C=O) groups is 1. The van der Waals surface area contributed by atoms with Gasteiger partial charge in [-0.05, 0) is 24.3 Å². The minimum atomic E-state index is -0.904. The lowest BCUT2D eigenvalue weighted by molar-refractivity contribution is -0.123. The van der Waals surface area contributed by atoms with Crippen molar-refractivity contribution in [2.24, 2.45) is 5.92 Å². The van der Waals surface area contributed by atoms with E-state index in [9.17, 15) is 15.0 Å². The van der Waals surface area contributed by atoms with E-state index >= 15 is 0 Å². The summed E-state index contributed by atoms with van der Waals surface area (Å²) in [6, 6.07) is 8.37. The summed E-state index contributed by atoms with van der Waals surface area (Å²) < 4.78 is 0. The van der Waals surface area contributed by atoms with Gasteiger partial charge in [0.1, 0.15) is 6.10 Å². The van der Waals surface area contributed by atoms with Gasteiger partial charge in [-0.25, -0.2) is 0 Å². The highest BCUT2D eigenvalue weighted by atomic mass is 16.3. The fraction of sp³-hybridized carbons (Fsp3) is 0.562. The Balaban J connectivity index is 1.75. The molecule has 1 aromatic carbocycles. The van der Waals surface area contributed by atoms with Crippen molar-refractivity contribution in [1.29, 1.82) is 0 Å². The van der Waals surface area contributed by atoms with Crippen LogP contribution in [0.4, 0.5) is 0 Å². The summed E-state index contributed by atoms with van der Waals surface area (Å²) in [5.74, 6) is 0.435. The smallest absolute Gasteiger partial charge is 0.220 e. The molecule has 0 unspecified atom stereocenters. The van der Waals surface area contributed by atoms with Crippen molar-refractivity contribution in [2.75, 3.05) is 19.7 Å². The third-order valence-electron chi connectivity index (χ3n) is 3.99. The maximum atomic E-state index is 12.0. The highest BCUT2D eigenvalue weighted by Crippen LogP contribution is 2.16.